The van der Waals surface area contributed by atoms with Gasteiger partial charge in [0.15, 0.2) is 0 Å². The Morgan fingerprint density at radius 1 is 1.12 bits per heavy atom. The maximum Gasteiger partial charge on any atom is 0.0477 e. The molecule has 0 saturated heterocycles. The third kappa shape index (κ3) is 4.06. The van der Waals surface area contributed by atoms with Gasteiger partial charge in [-0.15, -0.1) is 0 Å². The topological polar surface area (TPSA) is 21.3 Å². The Hall–Kier alpha value is -0.0800. The summed E-state index contributed by atoms with van der Waals surface area (Å²) in [5.74, 6) is 2.16. The van der Waals surface area contributed by atoms with Gasteiger partial charge in [-0.25, -0.2) is 0 Å². The summed E-state index contributed by atoms with van der Waals surface area (Å²) in [7, 11) is 0. The minimum Gasteiger partial charge on any atom is -0.382 e. The summed E-state index contributed by atoms with van der Waals surface area (Å²) < 4.78 is 5.35. The summed E-state index contributed by atoms with van der Waals surface area (Å²) >= 11 is 0. The van der Waals surface area contributed by atoms with Gasteiger partial charge in [-0.1, -0.05) is 12.8 Å². The zero-order chi connectivity index (χ0) is 11.2. The second-order valence-corrected chi connectivity index (χ2v) is 5.47. The molecule has 2 rings (SSSR count). The van der Waals surface area contributed by atoms with Gasteiger partial charge < -0.3 is 10.1 Å². The van der Waals surface area contributed by atoms with E-state index in [0.717, 1.165) is 37.6 Å². The van der Waals surface area contributed by atoms with Crippen LogP contribution in [0.4, 0.5) is 0 Å². The maximum absolute atomic E-state index is 5.35. The summed E-state index contributed by atoms with van der Waals surface area (Å²) in [5.41, 5.74) is 0. The van der Waals surface area contributed by atoms with Crippen molar-refractivity contribution in [1.29, 1.82) is 0 Å². The molecule has 2 atom stereocenters. The maximum atomic E-state index is 5.35. The van der Waals surface area contributed by atoms with Crippen molar-refractivity contribution in [2.75, 3.05) is 19.8 Å². The van der Waals surface area contributed by atoms with Gasteiger partial charge in [0.2, 0.25) is 0 Å². The van der Waals surface area contributed by atoms with Crippen molar-refractivity contribution in [2.24, 2.45) is 11.8 Å². The van der Waals surface area contributed by atoms with Crippen LogP contribution < -0.4 is 5.32 Å². The molecule has 0 aromatic heterocycles. The van der Waals surface area contributed by atoms with Crippen LogP contribution in [0.5, 0.6) is 0 Å². The molecule has 0 bridgehead atoms. The van der Waals surface area contributed by atoms with Gasteiger partial charge >= 0.3 is 0 Å². The fraction of sp³-hybridized carbons (Fsp3) is 1.00. The average molecular weight is 225 g/mol. The Morgan fingerprint density at radius 3 is 2.75 bits per heavy atom. The molecule has 0 heterocycles. The van der Waals surface area contributed by atoms with Crippen LogP contribution in [0.25, 0.3) is 0 Å². The Bertz CT molecular complexity index is 191. The first-order valence-electron chi connectivity index (χ1n) is 7.21. The van der Waals surface area contributed by atoms with Crippen molar-refractivity contribution in [2.45, 2.75) is 57.9 Å². The van der Waals surface area contributed by atoms with Gasteiger partial charge in [0, 0.05) is 19.3 Å². The summed E-state index contributed by atoms with van der Waals surface area (Å²) in [6.45, 7) is 4.98. The molecular formula is C14H27NO. The lowest BCUT2D eigenvalue weighted by Crippen LogP contribution is -2.35. The second-order valence-electron chi connectivity index (χ2n) is 5.47. The Labute approximate surface area is 100 Å². The predicted octanol–water partition coefficient (Wildman–Crippen LogP) is 2.97. The SMILES string of the molecule is CCOCCCNC1CCCC(C2CC2)C1. The molecule has 94 valence electrons. The van der Waals surface area contributed by atoms with Crippen LogP contribution in [-0.2, 0) is 4.74 Å². The molecule has 1 N–H and O–H groups in total. The predicted molar refractivity (Wildman–Crippen MR) is 67.6 cm³/mol. The summed E-state index contributed by atoms with van der Waals surface area (Å²) in [4.78, 5) is 0. The lowest BCUT2D eigenvalue weighted by molar-refractivity contribution is 0.142. The highest BCUT2D eigenvalue weighted by Crippen LogP contribution is 2.43. The van der Waals surface area contributed by atoms with E-state index in [2.05, 4.69) is 12.2 Å². The lowest BCUT2D eigenvalue weighted by atomic mass is 9.83. The van der Waals surface area contributed by atoms with Crippen molar-refractivity contribution in [3.63, 3.8) is 0 Å². The van der Waals surface area contributed by atoms with Crippen LogP contribution in [0, 0.1) is 11.8 Å². The number of nitrogens with one attached hydrogen (secondary N) is 1. The third-order valence-corrected chi connectivity index (χ3v) is 4.11. The van der Waals surface area contributed by atoms with E-state index in [1.165, 1.54) is 44.9 Å². The molecule has 0 aliphatic heterocycles. The van der Waals surface area contributed by atoms with Crippen LogP contribution in [0.3, 0.4) is 0 Å². The van der Waals surface area contributed by atoms with Crippen molar-refractivity contribution in [1.82, 2.24) is 5.32 Å². The van der Waals surface area contributed by atoms with Crippen molar-refractivity contribution in [3.8, 4) is 0 Å². The van der Waals surface area contributed by atoms with E-state index in [4.69, 9.17) is 4.74 Å². The molecule has 2 heteroatoms. The van der Waals surface area contributed by atoms with Gasteiger partial charge in [-0.3, -0.25) is 0 Å². The molecule has 2 unspecified atom stereocenters. The van der Waals surface area contributed by atoms with Gasteiger partial charge in [0.25, 0.3) is 0 Å². The van der Waals surface area contributed by atoms with Crippen LogP contribution in [-0.4, -0.2) is 25.8 Å². The van der Waals surface area contributed by atoms with Crippen molar-refractivity contribution in [3.05, 3.63) is 0 Å². The monoisotopic (exact) mass is 225 g/mol. The Balaban J connectivity index is 1.54. The van der Waals surface area contributed by atoms with Gasteiger partial charge in [-0.05, 0) is 57.4 Å². The van der Waals surface area contributed by atoms with Crippen molar-refractivity contribution < 1.29 is 4.74 Å². The van der Waals surface area contributed by atoms with E-state index in [0.29, 0.717) is 0 Å². The van der Waals surface area contributed by atoms with Crippen LogP contribution in [0.2, 0.25) is 0 Å². The summed E-state index contributed by atoms with van der Waals surface area (Å²) in [5, 5.41) is 3.71. The normalized spacial score (nSPS) is 30.6. The van der Waals surface area contributed by atoms with Crippen molar-refractivity contribution >= 4 is 0 Å². The van der Waals surface area contributed by atoms with Crippen LogP contribution in [0.1, 0.15) is 51.9 Å². The molecule has 16 heavy (non-hydrogen) atoms. The summed E-state index contributed by atoms with van der Waals surface area (Å²) in [6.07, 6.45) is 9.99. The third-order valence-electron chi connectivity index (χ3n) is 4.11. The molecule has 2 aliphatic rings. The van der Waals surface area contributed by atoms with E-state index < -0.39 is 0 Å². The molecule has 0 aromatic rings. The molecule has 0 radical (unpaired) electrons. The highest BCUT2D eigenvalue weighted by molar-refractivity contribution is 4.87. The fourth-order valence-corrected chi connectivity index (χ4v) is 3.03. The molecular weight excluding hydrogens is 198 g/mol. The molecule has 2 nitrogen and oxygen atoms in total. The number of hydrogen-bond donors (Lipinski definition) is 1. The first-order valence-corrected chi connectivity index (χ1v) is 7.21. The number of rotatable bonds is 7. The molecule has 2 aliphatic carbocycles. The highest BCUT2D eigenvalue weighted by Gasteiger charge is 2.34. The number of hydrogen-bond acceptors (Lipinski definition) is 2. The first-order chi connectivity index (χ1) is 7.90. The van der Waals surface area contributed by atoms with E-state index in [9.17, 15) is 0 Å². The molecule has 2 saturated carbocycles. The Morgan fingerprint density at radius 2 is 2.00 bits per heavy atom. The smallest absolute Gasteiger partial charge is 0.0477 e. The van der Waals surface area contributed by atoms with Crippen LogP contribution in [0.15, 0.2) is 0 Å². The molecule has 2 fully saturated rings. The van der Waals surface area contributed by atoms with E-state index in [1.54, 1.807) is 0 Å². The van der Waals surface area contributed by atoms with E-state index >= 15 is 0 Å². The zero-order valence-electron chi connectivity index (χ0n) is 10.7. The minimum atomic E-state index is 0.806. The van der Waals surface area contributed by atoms with Gasteiger partial charge in [-0.2, -0.15) is 0 Å². The van der Waals surface area contributed by atoms with Gasteiger partial charge in [0.1, 0.15) is 0 Å². The highest BCUT2D eigenvalue weighted by atomic mass is 16.5. The molecule has 0 amide bonds. The molecule has 0 aromatic carbocycles. The zero-order valence-corrected chi connectivity index (χ0v) is 10.7. The molecule has 0 spiro atoms. The van der Waals surface area contributed by atoms with Crippen LogP contribution >= 0.6 is 0 Å². The quantitative estimate of drug-likeness (QED) is 0.673. The summed E-state index contributed by atoms with van der Waals surface area (Å²) in [6, 6.07) is 0.806. The largest absolute Gasteiger partial charge is 0.382 e. The Kier molecular flexibility index (Phi) is 5.11. The standard InChI is InChI=1S/C14H27NO/c1-2-16-10-4-9-15-14-6-3-5-13(11-14)12-7-8-12/h12-15H,2-11H2,1H3. The fourth-order valence-electron chi connectivity index (χ4n) is 3.03. The second kappa shape index (κ2) is 6.61. The average Bonchev–Trinajstić information content (AvgIpc) is 3.13. The van der Waals surface area contributed by atoms with E-state index in [-0.39, 0.29) is 0 Å². The van der Waals surface area contributed by atoms with E-state index in [1.807, 2.05) is 0 Å². The number of ether oxygens (including phenoxy) is 1. The van der Waals surface area contributed by atoms with Gasteiger partial charge in [0.05, 0.1) is 0 Å². The minimum absolute atomic E-state index is 0.806. The lowest BCUT2D eigenvalue weighted by Gasteiger charge is -2.30. The first kappa shape index (κ1) is 12.4.